The summed E-state index contributed by atoms with van der Waals surface area (Å²) in [6, 6.07) is 19.0. The largest absolute Gasteiger partial charge is 0.325 e. The molecule has 2 aromatic carbocycles. The topological polar surface area (TPSA) is 56.1 Å². The Labute approximate surface area is 131 Å². The Kier molecular flexibility index (Phi) is 5.70. The number of rotatable bonds is 6. The van der Waals surface area contributed by atoms with Gasteiger partial charge in [0.2, 0.25) is 5.91 Å². The van der Waals surface area contributed by atoms with Crippen LogP contribution in [0.1, 0.15) is 18.1 Å². The van der Waals surface area contributed by atoms with Crippen LogP contribution >= 0.6 is 0 Å². The Morgan fingerprint density at radius 3 is 2.41 bits per heavy atom. The van der Waals surface area contributed by atoms with Crippen molar-refractivity contribution in [2.45, 2.75) is 13.5 Å². The molecule has 0 heterocycles. The van der Waals surface area contributed by atoms with Crippen molar-refractivity contribution >= 4 is 11.6 Å². The van der Waals surface area contributed by atoms with E-state index in [1.165, 1.54) is 5.56 Å². The zero-order valence-electron chi connectivity index (χ0n) is 12.6. The van der Waals surface area contributed by atoms with Crippen LogP contribution < -0.4 is 5.32 Å². The number of hydrogen-bond donors (Lipinski definition) is 1. The van der Waals surface area contributed by atoms with Gasteiger partial charge in [-0.2, -0.15) is 5.26 Å². The van der Waals surface area contributed by atoms with Crippen molar-refractivity contribution in [3.8, 4) is 6.07 Å². The number of likely N-dealkylation sites (N-methyl/N-ethyl adjacent to an activating group) is 1. The van der Waals surface area contributed by atoms with Crippen molar-refractivity contribution in [3.05, 3.63) is 65.7 Å². The van der Waals surface area contributed by atoms with Crippen molar-refractivity contribution in [3.63, 3.8) is 0 Å². The van der Waals surface area contributed by atoms with Gasteiger partial charge in [-0.05, 0) is 36.4 Å². The predicted molar refractivity (Wildman–Crippen MR) is 87.2 cm³/mol. The van der Waals surface area contributed by atoms with E-state index in [0.717, 1.165) is 13.1 Å². The highest BCUT2D eigenvalue weighted by Gasteiger charge is 2.10. The summed E-state index contributed by atoms with van der Waals surface area (Å²) in [4.78, 5) is 14.2. The first-order chi connectivity index (χ1) is 10.7. The molecule has 1 N–H and O–H groups in total. The number of hydrogen-bond acceptors (Lipinski definition) is 3. The van der Waals surface area contributed by atoms with Gasteiger partial charge in [0.05, 0.1) is 18.2 Å². The fourth-order valence-corrected chi connectivity index (χ4v) is 2.15. The molecular weight excluding hydrogens is 274 g/mol. The van der Waals surface area contributed by atoms with Gasteiger partial charge in [-0.15, -0.1) is 0 Å². The van der Waals surface area contributed by atoms with E-state index in [0.29, 0.717) is 17.8 Å². The van der Waals surface area contributed by atoms with E-state index >= 15 is 0 Å². The summed E-state index contributed by atoms with van der Waals surface area (Å²) in [7, 11) is 0. The van der Waals surface area contributed by atoms with Crippen LogP contribution in [0.15, 0.2) is 54.6 Å². The van der Waals surface area contributed by atoms with E-state index < -0.39 is 0 Å². The Morgan fingerprint density at radius 1 is 1.14 bits per heavy atom. The number of benzene rings is 2. The summed E-state index contributed by atoms with van der Waals surface area (Å²) in [5.74, 6) is -0.0533. The van der Waals surface area contributed by atoms with Crippen LogP contribution in [0.2, 0.25) is 0 Å². The van der Waals surface area contributed by atoms with Crippen LogP contribution in [0.4, 0.5) is 5.69 Å². The molecule has 112 valence electrons. The van der Waals surface area contributed by atoms with Gasteiger partial charge in [0, 0.05) is 12.2 Å². The van der Waals surface area contributed by atoms with Gasteiger partial charge in [-0.3, -0.25) is 9.69 Å². The molecular formula is C18H19N3O. The molecule has 0 saturated heterocycles. The number of carbonyl (C=O) groups is 1. The molecule has 0 fully saturated rings. The molecule has 2 aromatic rings. The number of anilines is 1. The first-order valence-electron chi connectivity index (χ1n) is 7.27. The minimum absolute atomic E-state index is 0.0533. The second-order valence-electron chi connectivity index (χ2n) is 5.03. The fraction of sp³-hybridized carbons (Fsp3) is 0.222. The molecule has 0 saturated carbocycles. The summed E-state index contributed by atoms with van der Waals surface area (Å²) in [6.07, 6.45) is 0. The van der Waals surface area contributed by atoms with Crippen LogP contribution in [0.5, 0.6) is 0 Å². The van der Waals surface area contributed by atoms with E-state index in [2.05, 4.69) is 28.4 Å². The van der Waals surface area contributed by atoms with Crippen molar-refractivity contribution in [1.29, 1.82) is 5.26 Å². The van der Waals surface area contributed by atoms with E-state index in [1.54, 1.807) is 24.3 Å². The number of nitrogens with zero attached hydrogens (tertiary/aromatic N) is 2. The lowest BCUT2D eigenvalue weighted by Crippen LogP contribution is -2.32. The maximum Gasteiger partial charge on any atom is 0.238 e. The van der Waals surface area contributed by atoms with Gasteiger partial charge < -0.3 is 5.32 Å². The van der Waals surface area contributed by atoms with Crippen molar-refractivity contribution < 1.29 is 4.79 Å². The zero-order chi connectivity index (χ0) is 15.8. The summed E-state index contributed by atoms with van der Waals surface area (Å²) in [5, 5.41) is 11.6. The lowest BCUT2D eigenvalue weighted by molar-refractivity contribution is -0.117. The second-order valence-corrected chi connectivity index (χ2v) is 5.03. The Bertz CT molecular complexity index is 644. The van der Waals surface area contributed by atoms with E-state index in [1.807, 2.05) is 25.1 Å². The van der Waals surface area contributed by atoms with Gasteiger partial charge in [0.25, 0.3) is 0 Å². The molecule has 22 heavy (non-hydrogen) atoms. The van der Waals surface area contributed by atoms with Gasteiger partial charge in [-0.1, -0.05) is 37.3 Å². The number of nitriles is 1. The van der Waals surface area contributed by atoms with Crippen LogP contribution in [0.25, 0.3) is 0 Å². The fourth-order valence-electron chi connectivity index (χ4n) is 2.15. The molecule has 0 atom stereocenters. The normalized spacial score (nSPS) is 10.2. The maximum absolute atomic E-state index is 12.1. The monoisotopic (exact) mass is 293 g/mol. The lowest BCUT2D eigenvalue weighted by Gasteiger charge is -2.20. The predicted octanol–water partition coefficient (Wildman–Crippen LogP) is 3.02. The molecule has 4 heteroatoms. The van der Waals surface area contributed by atoms with E-state index in [-0.39, 0.29) is 5.91 Å². The van der Waals surface area contributed by atoms with Crippen molar-refractivity contribution in [2.75, 3.05) is 18.4 Å². The van der Waals surface area contributed by atoms with Crippen LogP contribution in [-0.4, -0.2) is 23.9 Å². The Morgan fingerprint density at radius 2 is 1.82 bits per heavy atom. The average Bonchev–Trinajstić information content (AvgIpc) is 2.56. The molecule has 0 bridgehead atoms. The molecule has 0 aromatic heterocycles. The minimum Gasteiger partial charge on any atom is -0.325 e. The summed E-state index contributed by atoms with van der Waals surface area (Å²) in [5.41, 5.74) is 2.48. The Balaban J connectivity index is 1.90. The van der Waals surface area contributed by atoms with Gasteiger partial charge >= 0.3 is 0 Å². The number of nitrogens with one attached hydrogen (secondary N) is 1. The average molecular weight is 293 g/mol. The van der Waals surface area contributed by atoms with Crippen molar-refractivity contribution in [2.24, 2.45) is 0 Å². The standard InChI is InChI=1S/C18H19N3O/c1-2-21(13-16-6-4-3-5-7-16)14-18(22)20-17-10-8-15(12-19)9-11-17/h3-11H,2,13-14H2,1H3,(H,20,22). The molecule has 0 aliphatic heterocycles. The smallest absolute Gasteiger partial charge is 0.238 e. The summed E-state index contributed by atoms with van der Waals surface area (Å²) >= 11 is 0. The second kappa shape index (κ2) is 7.96. The van der Waals surface area contributed by atoms with Gasteiger partial charge in [0.1, 0.15) is 0 Å². The molecule has 0 spiro atoms. The third-order valence-corrected chi connectivity index (χ3v) is 3.36. The zero-order valence-corrected chi connectivity index (χ0v) is 12.6. The Hall–Kier alpha value is -2.64. The molecule has 0 aliphatic rings. The summed E-state index contributed by atoms with van der Waals surface area (Å²) < 4.78 is 0. The van der Waals surface area contributed by atoms with E-state index in [9.17, 15) is 4.79 Å². The first kappa shape index (κ1) is 15.7. The van der Waals surface area contributed by atoms with Gasteiger partial charge in [-0.25, -0.2) is 0 Å². The van der Waals surface area contributed by atoms with Crippen LogP contribution in [0.3, 0.4) is 0 Å². The minimum atomic E-state index is -0.0533. The molecule has 2 rings (SSSR count). The van der Waals surface area contributed by atoms with Crippen LogP contribution in [0, 0.1) is 11.3 Å². The number of carbonyl (C=O) groups excluding carboxylic acids is 1. The highest BCUT2D eigenvalue weighted by Crippen LogP contribution is 2.09. The first-order valence-corrected chi connectivity index (χ1v) is 7.27. The SMILES string of the molecule is CCN(CC(=O)Nc1ccc(C#N)cc1)Cc1ccccc1. The third kappa shape index (κ3) is 4.72. The highest BCUT2D eigenvalue weighted by atomic mass is 16.2. The molecule has 1 amide bonds. The molecule has 0 aliphatic carbocycles. The lowest BCUT2D eigenvalue weighted by atomic mass is 10.2. The molecule has 0 radical (unpaired) electrons. The maximum atomic E-state index is 12.1. The van der Waals surface area contributed by atoms with Crippen molar-refractivity contribution in [1.82, 2.24) is 4.90 Å². The summed E-state index contributed by atoms with van der Waals surface area (Å²) in [6.45, 7) is 3.93. The molecule has 0 unspecified atom stereocenters. The van der Waals surface area contributed by atoms with E-state index in [4.69, 9.17) is 5.26 Å². The third-order valence-electron chi connectivity index (χ3n) is 3.36. The highest BCUT2D eigenvalue weighted by molar-refractivity contribution is 5.92. The quantitative estimate of drug-likeness (QED) is 0.890. The molecule has 4 nitrogen and oxygen atoms in total. The van der Waals surface area contributed by atoms with Gasteiger partial charge in [0.15, 0.2) is 0 Å². The number of amides is 1. The van der Waals surface area contributed by atoms with Crippen LogP contribution in [-0.2, 0) is 11.3 Å².